The monoisotopic (exact) mass is 308 g/mol. The van der Waals surface area contributed by atoms with E-state index in [1.807, 2.05) is 0 Å². The van der Waals surface area contributed by atoms with Gasteiger partial charge in [0.05, 0.1) is 5.69 Å². The summed E-state index contributed by atoms with van der Waals surface area (Å²) in [5.41, 5.74) is 12.8. The van der Waals surface area contributed by atoms with Crippen LogP contribution in [0.4, 0.5) is 15.8 Å². The molecule has 0 unspecified atom stereocenters. The number of rotatable bonds is 3. The SMILES string of the molecule is CC(=O)c1c(N)ccc(Oc2c(F)ccc(N)c2Cl)c1C. The third-order valence-electron chi connectivity index (χ3n) is 3.09. The summed E-state index contributed by atoms with van der Waals surface area (Å²) >= 11 is 5.95. The second kappa shape index (κ2) is 5.61. The van der Waals surface area contributed by atoms with Gasteiger partial charge in [0.15, 0.2) is 17.3 Å². The van der Waals surface area contributed by atoms with Gasteiger partial charge in [0.25, 0.3) is 0 Å². The van der Waals surface area contributed by atoms with E-state index >= 15 is 0 Å². The zero-order valence-corrected chi connectivity index (χ0v) is 12.3. The fourth-order valence-corrected chi connectivity index (χ4v) is 2.23. The Labute approximate surface area is 126 Å². The summed E-state index contributed by atoms with van der Waals surface area (Å²) in [5.74, 6) is -0.732. The summed E-state index contributed by atoms with van der Waals surface area (Å²) in [6, 6.07) is 5.59. The van der Waals surface area contributed by atoms with Gasteiger partial charge in [-0.3, -0.25) is 4.79 Å². The van der Waals surface area contributed by atoms with Crippen LogP contribution in [0.2, 0.25) is 5.02 Å². The van der Waals surface area contributed by atoms with Crippen LogP contribution in [0.5, 0.6) is 11.5 Å². The van der Waals surface area contributed by atoms with Crippen molar-refractivity contribution in [3.05, 3.63) is 46.2 Å². The predicted octanol–water partition coefficient (Wildman–Crippen LogP) is 3.95. The molecule has 0 saturated carbocycles. The van der Waals surface area contributed by atoms with E-state index in [4.69, 9.17) is 27.8 Å². The van der Waals surface area contributed by atoms with Crippen molar-refractivity contribution in [2.75, 3.05) is 11.5 Å². The van der Waals surface area contributed by atoms with Crippen LogP contribution < -0.4 is 16.2 Å². The number of carbonyl (C=O) groups excluding carboxylic acids is 1. The number of ketones is 1. The Kier molecular flexibility index (Phi) is 4.04. The maximum Gasteiger partial charge on any atom is 0.183 e. The van der Waals surface area contributed by atoms with Crippen molar-refractivity contribution in [1.82, 2.24) is 0 Å². The zero-order valence-electron chi connectivity index (χ0n) is 11.5. The molecule has 0 atom stereocenters. The average Bonchev–Trinajstić information content (AvgIpc) is 2.41. The molecule has 0 heterocycles. The predicted molar refractivity (Wildman–Crippen MR) is 81.5 cm³/mol. The number of nitrogens with two attached hydrogens (primary N) is 2. The molecule has 2 aromatic carbocycles. The van der Waals surface area contributed by atoms with Crippen LogP contribution in [0.15, 0.2) is 24.3 Å². The first-order valence-corrected chi connectivity index (χ1v) is 6.52. The lowest BCUT2D eigenvalue weighted by Gasteiger charge is -2.15. The molecule has 2 aromatic rings. The van der Waals surface area contributed by atoms with Crippen molar-refractivity contribution in [2.45, 2.75) is 13.8 Å². The van der Waals surface area contributed by atoms with Gasteiger partial charge in [0.1, 0.15) is 10.8 Å². The highest BCUT2D eigenvalue weighted by molar-refractivity contribution is 6.34. The molecule has 0 saturated heterocycles. The number of carbonyl (C=O) groups is 1. The van der Waals surface area contributed by atoms with Crippen LogP contribution in [0.3, 0.4) is 0 Å². The molecule has 0 aliphatic heterocycles. The zero-order chi connectivity index (χ0) is 15.7. The Morgan fingerprint density at radius 3 is 2.43 bits per heavy atom. The van der Waals surface area contributed by atoms with Crippen LogP contribution in [0, 0.1) is 12.7 Å². The van der Waals surface area contributed by atoms with Crippen molar-refractivity contribution in [1.29, 1.82) is 0 Å². The van der Waals surface area contributed by atoms with Gasteiger partial charge in [-0.2, -0.15) is 0 Å². The van der Waals surface area contributed by atoms with Crippen molar-refractivity contribution in [2.24, 2.45) is 0 Å². The first-order chi connectivity index (χ1) is 9.82. The van der Waals surface area contributed by atoms with E-state index in [0.717, 1.165) is 6.07 Å². The summed E-state index contributed by atoms with van der Waals surface area (Å²) in [7, 11) is 0. The largest absolute Gasteiger partial charge is 0.452 e. The van der Waals surface area contributed by atoms with E-state index in [2.05, 4.69) is 0 Å². The third kappa shape index (κ3) is 2.78. The standard InChI is InChI=1S/C15H14ClFN2O2/c1-7-12(6-5-10(18)13(7)8(2)20)21-15-9(17)3-4-11(19)14(15)16/h3-6H,18-19H2,1-2H3. The van der Waals surface area contributed by atoms with Crippen molar-refractivity contribution >= 4 is 28.8 Å². The van der Waals surface area contributed by atoms with Crippen molar-refractivity contribution in [3.63, 3.8) is 0 Å². The molecule has 0 fully saturated rings. The van der Waals surface area contributed by atoms with Crippen LogP contribution in [-0.2, 0) is 0 Å². The number of benzene rings is 2. The molecule has 21 heavy (non-hydrogen) atoms. The van der Waals surface area contributed by atoms with Gasteiger partial charge in [-0.25, -0.2) is 4.39 Å². The van der Waals surface area contributed by atoms with Gasteiger partial charge in [0, 0.05) is 16.8 Å². The van der Waals surface area contributed by atoms with E-state index in [9.17, 15) is 9.18 Å². The maximum absolute atomic E-state index is 13.8. The Balaban J connectivity index is 2.54. The minimum atomic E-state index is -0.644. The topological polar surface area (TPSA) is 78.3 Å². The Bertz CT molecular complexity index is 732. The van der Waals surface area contributed by atoms with E-state index in [1.165, 1.54) is 19.1 Å². The summed E-state index contributed by atoms with van der Waals surface area (Å²) in [6.07, 6.45) is 0. The Morgan fingerprint density at radius 2 is 1.81 bits per heavy atom. The van der Waals surface area contributed by atoms with Gasteiger partial charge < -0.3 is 16.2 Å². The Morgan fingerprint density at radius 1 is 1.19 bits per heavy atom. The molecule has 2 rings (SSSR count). The van der Waals surface area contributed by atoms with E-state index in [0.29, 0.717) is 22.6 Å². The normalized spacial score (nSPS) is 10.5. The molecule has 0 aromatic heterocycles. The number of anilines is 2. The highest BCUT2D eigenvalue weighted by atomic mass is 35.5. The van der Waals surface area contributed by atoms with Gasteiger partial charge in [0.2, 0.25) is 0 Å². The first kappa shape index (κ1) is 15.1. The highest BCUT2D eigenvalue weighted by Gasteiger charge is 2.17. The number of hydrogen-bond donors (Lipinski definition) is 2. The number of hydrogen-bond acceptors (Lipinski definition) is 4. The highest BCUT2D eigenvalue weighted by Crippen LogP contribution is 2.38. The minimum absolute atomic E-state index is 0.0180. The molecule has 0 aliphatic rings. The molecule has 4 N–H and O–H groups in total. The molecule has 0 aliphatic carbocycles. The van der Waals surface area contributed by atoms with Crippen molar-refractivity contribution < 1.29 is 13.9 Å². The van der Waals surface area contributed by atoms with E-state index in [1.54, 1.807) is 13.0 Å². The second-order valence-corrected chi connectivity index (χ2v) is 4.97. The lowest BCUT2D eigenvalue weighted by molar-refractivity contribution is 0.101. The van der Waals surface area contributed by atoms with Crippen LogP contribution >= 0.6 is 11.6 Å². The number of ether oxygens (including phenoxy) is 1. The first-order valence-electron chi connectivity index (χ1n) is 6.14. The third-order valence-corrected chi connectivity index (χ3v) is 3.48. The fraction of sp³-hybridized carbons (Fsp3) is 0.133. The van der Waals surface area contributed by atoms with Crippen LogP contribution in [0.25, 0.3) is 0 Å². The van der Waals surface area contributed by atoms with Gasteiger partial charge in [-0.1, -0.05) is 11.6 Å². The molecule has 0 radical (unpaired) electrons. The molecule has 4 nitrogen and oxygen atoms in total. The van der Waals surface area contributed by atoms with Gasteiger partial charge in [-0.15, -0.1) is 0 Å². The molecule has 0 amide bonds. The lowest BCUT2D eigenvalue weighted by atomic mass is 10.0. The number of halogens is 2. The summed E-state index contributed by atoms with van der Waals surface area (Å²) < 4.78 is 19.3. The van der Waals surface area contributed by atoms with Gasteiger partial charge in [-0.05, 0) is 38.1 Å². The van der Waals surface area contributed by atoms with Crippen LogP contribution in [0.1, 0.15) is 22.8 Å². The number of Topliss-reactive ketones (excluding diaryl/α,β-unsaturated/α-hetero) is 1. The lowest BCUT2D eigenvalue weighted by Crippen LogP contribution is -2.04. The van der Waals surface area contributed by atoms with Crippen molar-refractivity contribution in [3.8, 4) is 11.5 Å². The average molecular weight is 309 g/mol. The Hall–Kier alpha value is -2.27. The smallest absolute Gasteiger partial charge is 0.183 e. The second-order valence-electron chi connectivity index (χ2n) is 4.59. The summed E-state index contributed by atoms with van der Waals surface area (Å²) in [4.78, 5) is 11.6. The molecular formula is C15H14ClFN2O2. The molecule has 0 spiro atoms. The summed E-state index contributed by atoms with van der Waals surface area (Å²) in [5, 5.41) is -0.0180. The molecular weight excluding hydrogens is 295 g/mol. The molecule has 6 heteroatoms. The maximum atomic E-state index is 13.8. The van der Waals surface area contributed by atoms with Gasteiger partial charge >= 0.3 is 0 Å². The van der Waals surface area contributed by atoms with E-state index < -0.39 is 5.82 Å². The minimum Gasteiger partial charge on any atom is -0.452 e. The fourth-order valence-electron chi connectivity index (χ4n) is 2.04. The number of nitrogen functional groups attached to an aromatic ring is 2. The van der Waals surface area contributed by atoms with E-state index in [-0.39, 0.29) is 22.2 Å². The molecule has 110 valence electrons. The quantitative estimate of drug-likeness (QED) is 0.665. The molecule has 0 bridgehead atoms. The summed E-state index contributed by atoms with van der Waals surface area (Å²) in [6.45, 7) is 3.07. The van der Waals surface area contributed by atoms with Crippen LogP contribution in [-0.4, -0.2) is 5.78 Å².